The summed E-state index contributed by atoms with van der Waals surface area (Å²) in [5.41, 5.74) is 2.08. The molecule has 6 nitrogen and oxygen atoms in total. The lowest BCUT2D eigenvalue weighted by molar-refractivity contribution is 0.186. The number of carbonyl (C=O) groups is 1. The molecule has 1 aromatic heterocycles. The minimum absolute atomic E-state index is 0.0583. The molecular formula is C18H21N3O3. The van der Waals surface area contributed by atoms with Gasteiger partial charge in [0.05, 0.1) is 13.2 Å². The summed E-state index contributed by atoms with van der Waals surface area (Å²) in [6.07, 6.45) is 4.17. The molecule has 1 aliphatic rings. The van der Waals surface area contributed by atoms with Crippen molar-refractivity contribution in [3.63, 3.8) is 0 Å². The third kappa shape index (κ3) is 3.59. The number of amides is 2. The summed E-state index contributed by atoms with van der Waals surface area (Å²) in [6, 6.07) is 9.42. The first-order valence-electron chi connectivity index (χ1n) is 7.86. The van der Waals surface area contributed by atoms with Crippen LogP contribution in [0.2, 0.25) is 0 Å². The molecule has 24 heavy (non-hydrogen) atoms. The predicted molar refractivity (Wildman–Crippen MR) is 90.2 cm³/mol. The molecule has 126 valence electrons. The fraction of sp³-hybridized carbons (Fsp3) is 0.333. The van der Waals surface area contributed by atoms with E-state index in [2.05, 4.69) is 10.3 Å². The highest BCUT2D eigenvalue weighted by Gasteiger charge is 2.24. The van der Waals surface area contributed by atoms with Gasteiger partial charge in [-0.05, 0) is 30.2 Å². The molecule has 1 atom stereocenters. The van der Waals surface area contributed by atoms with Crippen molar-refractivity contribution < 1.29 is 14.3 Å². The normalized spacial score (nSPS) is 15.8. The second-order valence-corrected chi connectivity index (χ2v) is 5.82. The lowest BCUT2D eigenvalue weighted by Crippen LogP contribution is -2.47. The Hall–Kier alpha value is -2.76. The van der Waals surface area contributed by atoms with Crippen LogP contribution in [0.3, 0.4) is 0 Å². The van der Waals surface area contributed by atoms with Gasteiger partial charge in [-0.1, -0.05) is 12.1 Å². The maximum atomic E-state index is 12.4. The molecule has 1 aliphatic heterocycles. The number of nitrogens with zero attached hydrogens (tertiary/aromatic N) is 2. The van der Waals surface area contributed by atoms with Crippen molar-refractivity contribution in [1.29, 1.82) is 0 Å². The predicted octanol–water partition coefficient (Wildman–Crippen LogP) is 2.24. The SMILES string of the molecule is COc1cccc2c1OC[C@H](NC(=O)N(C)Cc1ccncc1)C2. The lowest BCUT2D eigenvalue weighted by Gasteiger charge is -2.29. The van der Waals surface area contributed by atoms with Gasteiger partial charge in [-0.2, -0.15) is 0 Å². The maximum absolute atomic E-state index is 12.4. The number of ether oxygens (including phenoxy) is 2. The van der Waals surface area contributed by atoms with Crippen molar-refractivity contribution in [2.75, 3.05) is 20.8 Å². The third-order valence-electron chi connectivity index (χ3n) is 4.02. The number of urea groups is 1. The largest absolute Gasteiger partial charge is 0.493 e. The molecule has 3 rings (SSSR count). The second-order valence-electron chi connectivity index (χ2n) is 5.82. The zero-order chi connectivity index (χ0) is 16.9. The van der Waals surface area contributed by atoms with Gasteiger partial charge in [0.25, 0.3) is 0 Å². The molecule has 1 N–H and O–H groups in total. The summed E-state index contributed by atoms with van der Waals surface area (Å²) in [5, 5.41) is 3.02. The van der Waals surface area contributed by atoms with E-state index >= 15 is 0 Å². The van der Waals surface area contributed by atoms with E-state index in [0.29, 0.717) is 13.2 Å². The van der Waals surface area contributed by atoms with Crippen molar-refractivity contribution in [3.8, 4) is 11.5 Å². The third-order valence-corrected chi connectivity index (χ3v) is 4.02. The minimum atomic E-state index is -0.119. The summed E-state index contributed by atoms with van der Waals surface area (Å²) in [7, 11) is 3.40. The van der Waals surface area contributed by atoms with Gasteiger partial charge in [0.1, 0.15) is 6.61 Å². The van der Waals surface area contributed by atoms with Crippen LogP contribution >= 0.6 is 0 Å². The number of para-hydroxylation sites is 1. The van der Waals surface area contributed by atoms with Crippen LogP contribution < -0.4 is 14.8 Å². The van der Waals surface area contributed by atoms with Crippen molar-refractivity contribution in [2.24, 2.45) is 0 Å². The Morgan fingerprint density at radius 2 is 2.17 bits per heavy atom. The second kappa shape index (κ2) is 7.21. The first-order chi connectivity index (χ1) is 11.7. The standard InChI is InChI=1S/C18H21N3O3/c1-21(11-13-6-8-19-9-7-13)18(22)20-15-10-14-4-3-5-16(23-2)17(14)24-12-15/h3-9,15H,10-12H2,1-2H3,(H,20,22)/t15-/m1/s1. The monoisotopic (exact) mass is 327 g/mol. The average molecular weight is 327 g/mol. The highest BCUT2D eigenvalue weighted by Crippen LogP contribution is 2.34. The fourth-order valence-electron chi connectivity index (χ4n) is 2.77. The molecule has 0 aliphatic carbocycles. The number of benzene rings is 1. The highest BCUT2D eigenvalue weighted by atomic mass is 16.5. The van der Waals surface area contributed by atoms with E-state index in [9.17, 15) is 4.79 Å². The van der Waals surface area contributed by atoms with E-state index in [4.69, 9.17) is 9.47 Å². The van der Waals surface area contributed by atoms with Crippen LogP contribution in [0.1, 0.15) is 11.1 Å². The quantitative estimate of drug-likeness (QED) is 0.935. The lowest BCUT2D eigenvalue weighted by atomic mass is 10.0. The molecule has 0 bridgehead atoms. The molecule has 0 radical (unpaired) electrons. The Labute approximate surface area is 141 Å². The summed E-state index contributed by atoms with van der Waals surface area (Å²) in [4.78, 5) is 18.0. The minimum Gasteiger partial charge on any atom is -0.493 e. The van der Waals surface area contributed by atoms with E-state index in [-0.39, 0.29) is 12.1 Å². The Morgan fingerprint density at radius 1 is 1.38 bits per heavy atom. The Balaban J connectivity index is 1.59. The Morgan fingerprint density at radius 3 is 2.92 bits per heavy atom. The van der Waals surface area contributed by atoms with Gasteiger partial charge in [-0.3, -0.25) is 4.98 Å². The molecule has 6 heteroatoms. The molecule has 1 aromatic carbocycles. The summed E-state index contributed by atoms with van der Waals surface area (Å²) in [5.74, 6) is 1.50. The van der Waals surface area contributed by atoms with Crippen LogP contribution in [-0.4, -0.2) is 42.7 Å². The number of carbonyl (C=O) groups excluding carboxylic acids is 1. The van der Waals surface area contributed by atoms with E-state index in [0.717, 1.165) is 29.0 Å². The van der Waals surface area contributed by atoms with Gasteiger partial charge in [0.2, 0.25) is 0 Å². The molecule has 0 saturated carbocycles. The summed E-state index contributed by atoms with van der Waals surface area (Å²) < 4.78 is 11.1. The van der Waals surface area contributed by atoms with Crippen molar-refractivity contribution in [1.82, 2.24) is 15.2 Å². The van der Waals surface area contributed by atoms with Gasteiger partial charge < -0.3 is 19.7 Å². The molecule has 0 fully saturated rings. The van der Waals surface area contributed by atoms with E-state index in [1.54, 1.807) is 31.5 Å². The number of hydrogen-bond donors (Lipinski definition) is 1. The smallest absolute Gasteiger partial charge is 0.317 e. The molecule has 2 aromatic rings. The number of nitrogens with one attached hydrogen (secondary N) is 1. The van der Waals surface area contributed by atoms with E-state index < -0.39 is 0 Å². The van der Waals surface area contributed by atoms with Gasteiger partial charge in [-0.25, -0.2) is 4.79 Å². The molecule has 0 unspecified atom stereocenters. The van der Waals surface area contributed by atoms with Crippen LogP contribution in [0.25, 0.3) is 0 Å². The zero-order valence-electron chi connectivity index (χ0n) is 13.9. The van der Waals surface area contributed by atoms with Gasteiger partial charge >= 0.3 is 6.03 Å². The van der Waals surface area contributed by atoms with Gasteiger partial charge in [0.15, 0.2) is 11.5 Å². The highest BCUT2D eigenvalue weighted by molar-refractivity contribution is 5.74. The Bertz CT molecular complexity index is 706. The first-order valence-corrected chi connectivity index (χ1v) is 7.86. The topological polar surface area (TPSA) is 63.7 Å². The maximum Gasteiger partial charge on any atom is 0.317 e. The fourth-order valence-corrected chi connectivity index (χ4v) is 2.77. The number of rotatable bonds is 4. The van der Waals surface area contributed by atoms with E-state index in [1.807, 2.05) is 30.3 Å². The van der Waals surface area contributed by atoms with Crippen LogP contribution in [0.15, 0.2) is 42.7 Å². The average Bonchev–Trinajstić information content (AvgIpc) is 2.61. The molecule has 2 heterocycles. The number of methoxy groups -OCH3 is 1. The molecule has 2 amide bonds. The number of pyridine rings is 1. The van der Waals surface area contributed by atoms with Crippen molar-refractivity contribution in [2.45, 2.75) is 19.0 Å². The molecule has 0 spiro atoms. The number of aromatic nitrogens is 1. The van der Waals surface area contributed by atoms with Crippen LogP contribution in [0.4, 0.5) is 4.79 Å². The number of fused-ring (bicyclic) bond motifs is 1. The van der Waals surface area contributed by atoms with Gasteiger partial charge in [0, 0.05) is 31.5 Å². The summed E-state index contributed by atoms with van der Waals surface area (Å²) in [6.45, 7) is 0.967. The zero-order valence-corrected chi connectivity index (χ0v) is 13.9. The number of hydrogen-bond acceptors (Lipinski definition) is 4. The summed E-state index contributed by atoms with van der Waals surface area (Å²) >= 11 is 0. The van der Waals surface area contributed by atoms with Crippen LogP contribution in [0, 0.1) is 0 Å². The van der Waals surface area contributed by atoms with Crippen molar-refractivity contribution in [3.05, 3.63) is 53.9 Å². The molecular weight excluding hydrogens is 306 g/mol. The Kier molecular flexibility index (Phi) is 4.84. The van der Waals surface area contributed by atoms with E-state index in [1.165, 1.54) is 0 Å². The first kappa shape index (κ1) is 16.1. The van der Waals surface area contributed by atoms with Crippen LogP contribution in [-0.2, 0) is 13.0 Å². The van der Waals surface area contributed by atoms with Crippen LogP contribution in [0.5, 0.6) is 11.5 Å². The van der Waals surface area contributed by atoms with Gasteiger partial charge in [-0.15, -0.1) is 0 Å². The van der Waals surface area contributed by atoms with Crippen molar-refractivity contribution >= 4 is 6.03 Å². The molecule has 0 saturated heterocycles.